The molecule has 0 atom stereocenters. The third kappa shape index (κ3) is 7.82. The minimum absolute atomic E-state index is 0. The lowest BCUT2D eigenvalue weighted by Crippen LogP contribution is -2.40. The second kappa shape index (κ2) is 11.5. The number of ether oxygens (including phenoxy) is 1. The van der Waals surface area contributed by atoms with E-state index in [-0.39, 0.29) is 30.7 Å². The summed E-state index contributed by atoms with van der Waals surface area (Å²) in [6.07, 6.45) is 8.61. The number of nitrogens with two attached hydrogens (primary N) is 1. The summed E-state index contributed by atoms with van der Waals surface area (Å²) in [5.41, 5.74) is 5.85. The molecule has 0 saturated heterocycles. The van der Waals surface area contributed by atoms with E-state index in [1.54, 1.807) is 12.4 Å². The molecule has 1 aliphatic rings. The average Bonchev–Trinajstić information content (AvgIpc) is 2.47. The highest BCUT2D eigenvalue weighted by atomic mass is 35.5. The molecule has 126 valence electrons. The standard InChI is InChI=1S/C15H23N3O2.2ClH/c16-12-5-7-13(8-6-12)18-15(19)4-2-10-20-14-3-1-9-17-11-14;;/h1,3,9,11-13H,2,4-8,10,16H2,(H,18,19);2*1H. The number of amides is 1. The average molecular weight is 350 g/mol. The van der Waals surface area contributed by atoms with Crippen molar-refractivity contribution >= 4 is 30.7 Å². The summed E-state index contributed by atoms with van der Waals surface area (Å²) in [4.78, 5) is 15.8. The van der Waals surface area contributed by atoms with Gasteiger partial charge >= 0.3 is 0 Å². The van der Waals surface area contributed by atoms with Crippen LogP contribution in [0, 0.1) is 0 Å². The molecule has 0 radical (unpaired) electrons. The predicted octanol–water partition coefficient (Wildman–Crippen LogP) is 2.47. The van der Waals surface area contributed by atoms with Gasteiger partial charge in [0.1, 0.15) is 5.75 Å². The van der Waals surface area contributed by atoms with Gasteiger partial charge in [-0.15, -0.1) is 24.8 Å². The van der Waals surface area contributed by atoms with E-state index in [0.717, 1.165) is 31.4 Å². The zero-order valence-electron chi connectivity index (χ0n) is 12.6. The van der Waals surface area contributed by atoms with E-state index in [1.807, 2.05) is 12.1 Å². The molecule has 1 saturated carbocycles. The van der Waals surface area contributed by atoms with Crippen LogP contribution in [0.25, 0.3) is 0 Å². The molecule has 1 aromatic heterocycles. The van der Waals surface area contributed by atoms with E-state index in [0.29, 0.717) is 31.5 Å². The Morgan fingerprint density at radius 2 is 2.05 bits per heavy atom. The highest BCUT2D eigenvalue weighted by molar-refractivity contribution is 5.85. The summed E-state index contributed by atoms with van der Waals surface area (Å²) in [7, 11) is 0. The first-order valence-corrected chi connectivity index (χ1v) is 7.32. The van der Waals surface area contributed by atoms with Crippen LogP contribution in [0.15, 0.2) is 24.5 Å². The number of carbonyl (C=O) groups is 1. The predicted molar refractivity (Wildman–Crippen MR) is 91.8 cm³/mol. The molecular weight excluding hydrogens is 325 g/mol. The zero-order valence-corrected chi connectivity index (χ0v) is 14.2. The molecule has 0 spiro atoms. The normalized spacial score (nSPS) is 20.2. The first-order chi connectivity index (χ1) is 9.74. The number of pyridine rings is 1. The number of nitrogens with zero attached hydrogens (tertiary/aromatic N) is 1. The van der Waals surface area contributed by atoms with Crippen molar-refractivity contribution in [2.24, 2.45) is 5.73 Å². The van der Waals surface area contributed by atoms with Crippen LogP contribution in [-0.2, 0) is 4.79 Å². The molecule has 3 N–H and O–H groups in total. The smallest absolute Gasteiger partial charge is 0.220 e. The number of aromatic nitrogens is 1. The lowest BCUT2D eigenvalue weighted by Gasteiger charge is -2.26. The molecule has 0 bridgehead atoms. The maximum atomic E-state index is 11.8. The van der Waals surface area contributed by atoms with E-state index in [4.69, 9.17) is 10.5 Å². The SMILES string of the molecule is Cl.Cl.NC1CCC(NC(=O)CCCOc2cccnc2)CC1. The minimum atomic E-state index is 0. The maximum Gasteiger partial charge on any atom is 0.220 e. The lowest BCUT2D eigenvalue weighted by atomic mass is 9.92. The van der Waals surface area contributed by atoms with Gasteiger partial charge in [0.2, 0.25) is 5.91 Å². The third-order valence-electron chi connectivity index (χ3n) is 3.59. The molecule has 1 amide bonds. The number of halogens is 2. The van der Waals surface area contributed by atoms with Gasteiger partial charge in [0.15, 0.2) is 0 Å². The highest BCUT2D eigenvalue weighted by Crippen LogP contribution is 2.17. The molecule has 2 rings (SSSR count). The van der Waals surface area contributed by atoms with Crippen LogP contribution in [0.5, 0.6) is 5.75 Å². The summed E-state index contributed by atoms with van der Waals surface area (Å²) < 4.78 is 5.50. The fourth-order valence-electron chi connectivity index (χ4n) is 2.42. The third-order valence-corrected chi connectivity index (χ3v) is 3.59. The van der Waals surface area contributed by atoms with Crippen molar-refractivity contribution in [3.8, 4) is 5.75 Å². The van der Waals surface area contributed by atoms with E-state index >= 15 is 0 Å². The molecule has 5 nitrogen and oxygen atoms in total. The van der Waals surface area contributed by atoms with Crippen LogP contribution in [-0.4, -0.2) is 29.6 Å². The van der Waals surface area contributed by atoms with Crippen molar-refractivity contribution in [2.75, 3.05) is 6.61 Å². The van der Waals surface area contributed by atoms with Crippen LogP contribution in [0.3, 0.4) is 0 Å². The molecule has 7 heteroatoms. The van der Waals surface area contributed by atoms with Gasteiger partial charge in [-0.2, -0.15) is 0 Å². The van der Waals surface area contributed by atoms with Crippen molar-refractivity contribution in [3.05, 3.63) is 24.5 Å². The Balaban J connectivity index is 0.00000220. The number of hydrogen-bond acceptors (Lipinski definition) is 4. The van der Waals surface area contributed by atoms with Crippen molar-refractivity contribution in [2.45, 2.75) is 50.6 Å². The summed E-state index contributed by atoms with van der Waals surface area (Å²) in [6, 6.07) is 4.31. The van der Waals surface area contributed by atoms with Gasteiger partial charge in [-0.3, -0.25) is 9.78 Å². The summed E-state index contributed by atoms with van der Waals surface area (Å²) in [6.45, 7) is 0.536. The molecule has 1 aromatic rings. The number of nitrogens with one attached hydrogen (secondary N) is 1. The van der Waals surface area contributed by atoms with E-state index < -0.39 is 0 Å². The van der Waals surface area contributed by atoms with Gasteiger partial charge in [-0.1, -0.05) is 0 Å². The van der Waals surface area contributed by atoms with E-state index in [9.17, 15) is 4.79 Å². The van der Waals surface area contributed by atoms with Crippen molar-refractivity contribution in [1.82, 2.24) is 10.3 Å². The number of carbonyl (C=O) groups excluding carboxylic acids is 1. The first-order valence-electron chi connectivity index (χ1n) is 7.32. The van der Waals surface area contributed by atoms with Gasteiger partial charge in [0, 0.05) is 24.7 Å². The Morgan fingerprint density at radius 3 is 2.68 bits per heavy atom. The summed E-state index contributed by atoms with van der Waals surface area (Å²) in [5, 5.41) is 3.08. The van der Waals surface area contributed by atoms with Crippen molar-refractivity contribution in [1.29, 1.82) is 0 Å². The highest BCUT2D eigenvalue weighted by Gasteiger charge is 2.19. The maximum absolute atomic E-state index is 11.8. The number of rotatable bonds is 6. The minimum Gasteiger partial charge on any atom is -0.492 e. The molecule has 0 aliphatic heterocycles. The largest absolute Gasteiger partial charge is 0.492 e. The Hall–Kier alpha value is -1.04. The van der Waals surface area contributed by atoms with Crippen LogP contribution in [0.2, 0.25) is 0 Å². The Morgan fingerprint density at radius 1 is 1.32 bits per heavy atom. The van der Waals surface area contributed by atoms with Crippen LogP contribution in [0.1, 0.15) is 38.5 Å². The molecule has 22 heavy (non-hydrogen) atoms. The molecule has 0 aromatic carbocycles. The lowest BCUT2D eigenvalue weighted by molar-refractivity contribution is -0.122. The fourth-order valence-corrected chi connectivity index (χ4v) is 2.42. The molecule has 1 heterocycles. The van der Waals surface area contributed by atoms with Gasteiger partial charge in [-0.05, 0) is 44.2 Å². The monoisotopic (exact) mass is 349 g/mol. The second-order valence-corrected chi connectivity index (χ2v) is 5.32. The van der Waals surface area contributed by atoms with Gasteiger partial charge in [-0.25, -0.2) is 0 Å². The first kappa shape index (κ1) is 21.0. The van der Waals surface area contributed by atoms with Gasteiger partial charge in [0.05, 0.1) is 12.8 Å². The zero-order chi connectivity index (χ0) is 14.2. The fraction of sp³-hybridized carbons (Fsp3) is 0.600. The van der Waals surface area contributed by atoms with Crippen molar-refractivity contribution in [3.63, 3.8) is 0 Å². The quantitative estimate of drug-likeness (QED) is 0.773. The molecule has 0 unspecified atom stereocenters. The van der Waals surface area contributed by atoms with Gasteiger partial charge < -0.3 is 15.8 Å². The van der Waals surface area contributed by atoms with E-state index in [1.165, 1.54) is 0 Å². The Labute approximate surface area is 144 Å². The molecule has 1 fully saturated rings. The van der Waals surface area contributed by atoms with Gasteiger partial charge in [0.25, 0.3) is 0 Å². The summed E-state index contributed by atoms with van der Waals surface area (Å²) >= 11 is 0. The Kier molecular flexibility index (Phi) is 11.0. The Bertz CT molecular complexity index is 413. The van der Waals surface area contributed by atoms with Crippen LogP contribution >= 0.6 is 24.8 Å². The number of hydrogen-bond donors (Lipinski definition) is 2. The molecular formula is C15H25Cl2N3O2. The van der Waals surface area contributed by atoms with Crippen LogP contribution in [0.4, 0.5) is 0 Å². The van der Waals surface area contributed by atoms with Crippen molar-refractivity contribution < 1.29 is 9.53 Å². The van der Waals surface area contributed by atoms with Crippen LogP contribution < -0.4 is 15.8 Å². The van der Waals surface area contributed by atoms with E-state index in [2.05, 4.69) is 10.3 Å². The topological polar surface area (TPSA) is 77.2 Å². The second-order valence-electron chi connectivity index (χ2n) is 5.32. The molecule has 1 aliphatic carbocycles. The summed E-state index contributed by atoms with van der Waals surface area (Å²) in [5.74, 6) is 0.856.